The van der Waals surface area contributed by atoms with Gasteiger partial charge in [0.2, 0.25) is 10.0 Å². The van der Waals surface area contributed by atoms with Gasteiger partial charge in [-0.1, -0.05) is 12.1 Å². The summed E-state index contributed by atoms with van der Waals surface area (Å²) < 4.78 is 26.9. The maximum absolute atomic E-state index is 12.1. The first-order valence-corrected chi connectivity index (χ1v) is 8.99. The lowest BCUT2D eigenvalue weighted by molar-refractivity contribution is 0.579. The van der Waals surface area contributed by atoms with Crippen LogP contribution in [0.3, 0.4) is 0 Å². The third kappa shape index (κ3) is 3.95. The van der Waals surface area contributed by atoms with E-state index in [4.69, 9.17) is 5.73 Å². The van der Waals surface area contributed by atoms with Crippen LogP contribution in [0.1, 0.15) is 31.4 Å². The van der Waals surface area contributed by atoms with Gasteiger partial charge in [-0.2, -0.15) is 11.8 Å². The van der Waals surface area contributed by atoms with Crippen LogP contribution in [0.15, 0.2) is 29.2 Å². The van der Waals surface area contributed by atoms with E-state index in [9.17, 15) is 8.42 Å². The van der Waals surface area contributed by atoms with Crippen molar-refractivity contribution >= 4 is 21.8 Å². The molecule has 106 valence electrons. The van der Waals surface area contributed by atoms with Crippen molar-refractivity contribution in [2.45, 2.75) is 36.0 Å². The molecule has 0 radical (unpaired) electrons. The van der Waals surface area contributed by atoms with Gasteiger partial charge in [-0.05, 0) is 43.2 Å². The molecule has 6 heteroatoms. The van der Waals surface area contributed by atoms with Gasteiger partial charge in [-0.25, -0.2) is 13.1 Å². The molecule has 1 aromatic rings. The molecule has 19 heavy (non-hydrogen) atoms. The highest BCUT2D eigenvalue weighted by Gasteiger charge is 2.20. The van der Waals surface area contributed by atoms with Crippen LogP contribution in [0.4, 0.5) is 0 Å². The summed E-state index contributed by atoms with van der Waals surface area (Å²) in [7, 11) is -3.39. The van der Waals surface area contributed by atoms with Crippen LogP contribution in [0.25, 0.3) is 0 Å². The predicted molar refractivity (Wildman–Crippen MR) is 79.7 cm³/mol. The minimum absolute atomic E-state index is 0.0837. The van der Waals surface area contributed by atoms with Gasteiger partial charge in [0.1, 0.15) is 0 Å². The molecule has 1 fully saturated rings. The summed E-state index contributed by atoms with van der Waals surface area (Å²) in [5.74, 6) is 1.13. The van der Waals surface area contributed by atoms with Crippen molar-refractivity contribution in [3.63, 3.8) is 0 Å². The molecule has 0 bridgehead atoms. The molecule has 0 saturated carbocycles. The van der Waals surface area contributed by atoms with Crippen molar-refractivity contribution in [1.82, 2.24) is 4.72 Å². The summed E-state index contributed by atoms with van der Waals surface area (Å²) >= 11 is 1.84. The van der Waals surface area contributed by atoms with Crippen LogP contribution in [0, 0.1) is 0 Å². The van der Waals surface area contributed by atoms with E-state index in [1.54, 1.807) is 24.3 Å². The Labute approximate surface area is 119 Å². The fraction of sp³-hybridized carbons (Fsp3) is 0.538. The van der Waals surface area contributed by atoms with E-state index >= 15 is 0 Å². The zero-order valence-corrected chi connectivity index (χ0v) is 12.6. The summed E-state index contributed by atoms with van der Waals surface area (Å²) in [4.78, 5) is 0.305. The van der Waals surface area contributed by atoms with Gasteiger partial charge in [-0.3, -0.25) is 0 Å². The summed E-state index contributed by atoms with van der Waals surface area (Å²) in [6.07, 6.45) is 2.27. The predicted octanol–water partition coefficient (Wildman–Crippen LogP) is 1.88. The molecule has 1 saturated heterocycles. The number of benzene rings is 1. The third-order valence-corrected chi connectivity index (χ3v) is 6.08. The van der Waals surface area contributed by atoms with Gasteiger partial charge in [-0.15, -0.1) is 0 Å². The minimum atomic E-state index is -3.39. The Bertz CT molecular complexity index is 506. The average Bonchev–Trinajstić information content (AvgIpc) is 2.90. The number of nitrogens with one attached hydrogen (secondary N) is 1. The van der Waals surface area contributed by atoms with Gasteiger partial charge in [0.25, 0.3) is 0 Å². The van der Waals surface area contributed by atoms with Crippen molar-refractivity contribution in [1.29, 1.82) is 0 Å². The normalized spacial score (nSPS) is 21.5. The molecule has 3 N–H and O–H groups in total. The molecule has 1 aliphatic rings. The van der Waals surface area contributed by atoms with Crippen LogP contribution in [-0.4, -0.2) is 26.0 Å². The quantitative estimate of drug-likeness (QED) is 0.871. The van der Waals surface area contributed by atoms with E-state index in [2.05, 4.69) is 4.72 Å². The SMILES string of the molecule is CC(N)c1ccc(S(=O)(=O)NCC2CCCS2)cc1. The molecule has 1 heterocycles. The first-order chi connectivity index (χ1) is 8.99. The van der Waals surface area contributed by atoms with E-state index in [-0.39, 0.29) is 6.04 Å². The Kier molecular flexibility index (Phi) is 4.89. The maximum Gasteiger partial charge on any atom is 0.240 e. The highest BCUT2D eigenvalue weighted by Crippen LogP contribution is 2.25. The highest BCUT2D eigenvalue weighted by atomic mass is 32.2. The minimum Gasteiger partial charge on any atom is -0.324 e. The van der Waals surface area contributed by atoms with E-state index in [0.29, 0.717) is 16.7 Å². The first-order valence-electron chi connectivity index (χ1n) is 6.46. The fourth-order valence-electron chi connectivity index (χ4n) is 2.04. The Morgan fingerprint density at radius 1 is 1.42 bits per heavy atom. The van der Waals surface area contributed by atoms with Crippen molar-refractivity contribution in [2.75, 3.05) is 12.3 Å². The zero-order valence-electron chi connectivity index (χ0n) is 11.0. The molecule has 1 aromatic carbocycles. The number of sulfonamides is 1. The molecule has 4 nitrogen and oxygen atoms in total. The van der Waals surface area contributed by atoms with E-state index in [1.165, 1.54) is 6.42 Å². The topological polar surface area (TPSA) is 72.2 Å². The maximum atomic E-state index is 12.1. The monoisotopic (exact) mass is 300 g/mol. The molecule has 0 aromatic heterocycles. The summed E-state index contributed by atoms with van der Waals surface area (Å²) in [6.45, 7) is 2.39. The summed E-state index contributed by atoms with van der Waals surface area (Å²) in [6, 6.07) is 6.68. The molecule has 0 spiro atoms. The Morgan fingerprint density at radius 3 is 2.63 bits per heavy atom. The average molecular weight is 300 g/mol. The second-order valence-corrected chi connectivity index (χ2v) is 8.02. The molecule has 2 atom stereocenters. The first kappa shape index (κ1) is 14.8. The van der Waals surface area contributed by atoms with Crippen LogP contribution in [-0.2, 0) is 10.0 Å². The number of rotatable bonds is 5. The molecular formula is C13H20N2O2S2. The van der Waals surface area contributed by atoms with Crippen LogP contribution in [0.5, 0.6) is 0 Å². The van der Waals surface area contributed by atoms with Gasteiger partial charge >= 0.3 is 0 Å². The summed E-state index contributed by atoms with van der Waals surface area (Å²) in [5, 5.41) is 0.415. The lowest BCUT2D eigenvalue weighted by atomic mass is 10.1. The van der Waals surface area contributed by atoms with E-state index < -0.39 is 10.0 Å². The molecule has 0 amide bonds. The molecule has 2 unspecified atom stereocenters. The molecule has 1 aliphatic heterocycles. The standard InChI is InChI=1S/C13H20N2O2S2/c1-10(14)11-4-6-13(7-5-11)19(16,17)15-9-12-3-2-8-18-12/h4-7,10,12,15H,2-3,8-9,14H2,1H3. The van der Waals surface area contributed by atoms with Gasteiger partial charge < -0.3 is 5.73 Å². The lowest BCUT2D eigenvalue weighted by Crippen LogP contribution is -2.29. The zero-order chi connectivity index (χ0) is 13.9. The van der Waals surface area contributed by atoms with Crippen molar-refractivity contribution in [3.05, 3.63) is 29.8 Å². The Morgan fingerprint density at radius 2 is 2.11 bits per heavy atom. The van der Waals surface area contributed by atoms with E-state index in [1.807, 2.05) is 18.7 Å². The third-order valence-electron chi connectivity index (χ3n) is 3.24. The van der Waals surface area contributed by atoms with Gasteiger partial charge in [0, 0.05) is 17.8 Å². The van der Waals surface area contributed by atoms with Crippen molar-refractivity contribution in [3.8, 4) is 0 Å². The molecular weight excluding hydrogens is 280 g/mol. The van der Waals surface area contributed by atoms with Crippen molar-refractivity contribution in [2.24, 2.45) is 5.73 Å². The Balaban J connectivity index is 2.01. The van der Waals surface area contributed by atoms with Crippen LogP contribution in [0.2, 0.25) is 0 Å². The number of thioether (sulfide) groups is 1. The fourth-order valence-corrected chi connectivity index (χ4v) is 4.43. The molecule has 0 aliphatic carbocycles. The van der Waals surface area contributed by atoms with Gasteiger partial charge in [0.05, 0.1) is 4.90 Å². The largest absolute Gasteiger partial charge is 0.324 e. The summed E-state index contributed by atoms with van der Waals surface area (Å²) in [5.41, 5.74) is 6.68. The lowest BCUT2D eigenvalue weighted by Gasteiger charge is -2.12. The number of nitrogens with two attached hydrogens (primary N) is 1. The number of hydrogen-bond donors (Lipinski definition) is 2. The van der Waals surface area contributed by atoms with Crippen LogP contribution < -0.4 is 10.5 Å². The van der Waals surface area contributed by atoms with Gasteiger partial charge in [0.15, 0.2) is 0 Å². The van der Waals surface area contributed by atoms with Crippen molar-refractivity contribution < 1.29 is 8.42 Å². The van der Waals surface area contributed by atoms with Crippen LogP contribution >= 0.6 is 11.8 Å². The Hall–Kier alpha value is -0.560. The smallest absolute Gasteiger partial charge is 0.240 e. The second-order valence-electron chi connectivity index (χ2n) is 4.84. The number of hydrogen-bond acceptors (Lipinski definition) is 4. The second kappa shape index (κ2) is 6.26. The molecule has 2 rings (SSSR count). The van der Waals surface area contributed by atoms with E-state index in [0.717, 1.165) is 17.7 Å². The highest BCUT2D eigenvalue weighted by molar-refractivity contribution is 8.00.